The maximum atomic E-state index is 12.5. The van der Waals surface area contributed by atoms with Crippen molar-refractivity contribution in [1.82, 2.24) is 15.0 Å². The highest BCUT2D eigenvalue weighted by molar-refractivity contribution is 7.92. The van der Waals surface area contributed by atoms with E-state index < -0.39 is 16.1 Å². The molecule has 5 rings (SSSR count). The van der Waals surface area contributed by atoms with Gasteiger partial charge in [0.2, 0.25) is 21.9 Å². The fourth-order valence-electron chi connectivity index (χ4n) is 5.16. The first-order chi connectivity index (χ1) is 20.2. The summed E-state index contributed by atoms with van der Waals surface area (Å²) in [5, 5.41) is 4.87. The average Bonchev–Trinajstić information content (AvgIpc) is 2.96. The van der Waals surface area contributed by atoms with Crippen LogP contribution in [0.25, 0.3) is 22.0 Å². The monoisotopic (exact) mass is 590 g/mol. The molecular formula is C30H34N6O5S. The first-order valence-corrected chi connectivity index (χ1v) is 15.6. The van der Waals surface area contributed by atoms with Crippen molar-refractivity contribution in [3.63, 3.8) is 0 Å². The van der Waals surface area contributed by atoms with E-state index in [2.05, 4.69) is 20.0 Å². The summed E-state index contributed by atoms with van der Waals surface area (Å²) in [6, 6.07) is 14.8. The largest absolute Gasteiger partial charge is 0.446 e. The van der Waals surface area contributed by atoms with Crippen LogP contribution in [0, 0.1) is 6.92 Å². The summed E-state index contributed by atoms with van der Waals surface area (Å²) in [6.45, 7) is 3.76. The lowest BCUT2D eigenvalue weighted by Crippen LogP contribution is -2.32. The molecule has 1 amide bonds. The number of pyridine rings is 1. The second-order valence-corrected chi connectivity index (χ2v) is 12.2. The maximum absolute atomic E-state index is 12.5. The van der Waals surface area contributed by atoms with Gasteiger partial charge in [-0.1, -0.05) is 31.2 Å². The first-order valence-electron chi connectivity index (χ1n) is 13.9. The van der Waals surface area contributed by atoms with Gasteiger partial charge in [-0.05, 0) is 68.9 Å². The summed E-state index contributed by atoms with van der Waals surface area (Å²) >= 11 is 0. The van der Waals surface area contributed by atoms with Crippen molar-refractivity contribution in [2.75, 3.05) is 15.8 Å². The Morgan fingerprint density at radius 2 is 1.81 bits per heavy atom. The van der Waals surface area contributed by atoms with Crippen LogP contribution in [0.3, 0.4) is 0 Å². The van der Waals surface area contributed by atoms with Crippen molar-refractivity contribution >= 4 is 38.5 Å². The normalized spacial score (nSPS) is 17.0. The number of rotatable bonds is 10. The summed E-state index contributed by atoms with van der Waals surface area (Å²) in [7, 11) is -3.47. The molecule has 0 bridgehead atoms. The van der Waals surface area contributed by atoms with E-state index in [9.17, 15) is 13.2 Å². The number of amides is 1. The highest BCUT2D eigenvalue weighted by atomic mass is 32.2. The highest BCUT2D eigenvalue weighted by Crippen LogP contribution is 2.39. The molecular weight excluding hydrogens is 556 g/mol. The fourth-order valence-corrected chi connectivity index (χ4v) is 6.32. The summed E-state index contributed by atoms with van der Waals surface area (Å²) in [6.07, 6.45) is 5.97. The number of carbonyl (C=O) groups is 1. The molecule has 4 N–H and O–H groups in total. The molecule has 2 heterocycles. The van der Waals surface area contributed by atoms with Gasteiger partial charge in [-0.25, -0.2) is 28.2 Å². The first kappa shape index (κ1) is 29.1. The molecule has 0 saturated heterocycles. The van der Waals surface area contributed by atoms with Crippen molar-refractivity contribution in [1.29, 1.82) is 0 Å². The molecule has 0 aliphatic heterocycles. The van der Waals surface area contributed by atoms with Crippen LogP contribution in [0.5, 0.6) is 11.6 Å². The molecule has 0 spiro atoms. The van der Waals surface area contributed by atoms with Gasteiger partial charge in [-0.15, -0.1) is 0 Å². The van der Waals surface area contributed by atoms with Gasteiger partial charge in [0, 0.05) is 29.2 Å². The number of benzene rings is 2. The summed E-state index contributed by atoms with van der Waals surface area (Å²) in [4.78, 5) is 24.7. The Morgan fingerprint density at radius 1 is 1.00 bits per heavy atom. The lowest BCUT2D eigenvalue weighted by molar-refractivity contribution is 0.0805. The van der Waals surface area contributed by atoms with Crippen LogP contribution in [-0.2, 0) is 14.8 Å². The second kappa shape index (κ2) is 12.6. The van der Waals surface area contributed by atoms with E-state index in [1.54, 1.807) is 30.6 Å². The molecule has 1 saturated carbocycles. The van der Waals surface area contributed by atoms with E-state index in [1.807, 2.05) is 44.2 Å². The number of carbonyl (C=O) groups excluding carboxylic acids is 1. The second-order valence-electron chi connectivity index (χ2n) is 10.3. The molecule has 220 valence electrons. The number of aromatic nitrogens is 3. The number of nitrogens with one attached hydrogen (secondary N) is 2. The van der Waals surface area contributed by atoms with Crippen LogP contribution in [0.15, 0.2) is 60.9 Å². The lowest BCUT2D eigenvalue weighted by Gasteiger charge is -2.28. The van der Waals surface area contributed by atoms with Crippen LogP contribution >= 0.6 is 0 Å². The van der Waals surface area contributed by atoms with Crippen LogP contribution < -0.4 is 20.5 Å². The van der Waals surface area contributed by atoms with Crippen molar-refractivity contribution in [2.45, 2.75) is 58.1 Å². The van der Waals surface area contributed by atoms with Crippen molar-refractivity contribution in [3.8, 4) is 22.9 Å². The third-order valence-corrected chi connectivity index (χ3v) is 8.62. The smallest absolute Gasteiger partial charge is 0.404 e. The number of nitrogens with two attached hydrogens (primary N) is 1. The molecule has 1 aliphatic rings. The minimum Gasteiger partial charge on any atom is -0.446 e. The van der Waals surface area contributed by atoms with Gasteiger partial charge >= 0.3 is 6.09 Å². The van der Waals surface area contributed by atoms with Gasteiger partial charge in [0.15, 0.2) is 0 Å². The van der Waals surface area contributed by atoms with Gasteiger partial charge in [-0.2, -0.15) is 0 Å². The van der Waals surface area contributed by atoms with Crippen LogP contribution in [0.4, 0.5) is 16.4 Å². The van der Waals surface area contributed by atoms with E-state index in [0.29, 0.717) is 53.8 Å². The standard InChI is InChI=1S/C30H34N6O5S/c1-3-18-42(38,39)36-26-8-4-6-23-22(26)14-9-19(2)27(23)41-28-24(7-5-16-32-28)25-15-17-33-30(35-25)34-20-10-12-21(13-11-20)40-29(31)37/h4-9,14-17,20-21,36H,3,10-13,18H2,1-2H3,(H2,31,37)(H,33,34,35). The molecule has 4 aromatic rings. The zero-order chi connectivity index (χ0) is 29.7. The molecule has 0 atom stereocenters. The summed E-state index contributed by atoms with van der Waals surface area (Å²) in [5.74, 6) is 1.45. The van der Waals surface area contributed by atoms with Crippen molar-refractivity contribution in [2.24, 2.45) is 5.73 Å². The van der Waals surface area contributed by atoms with E-state index in [0.717, 1.165) is 29.2 Å². The summed E-state index contributed by atoms with van der Waals surface area (Å²) in [5.41, 5.74) is 7.82. The Hall–Kier alpha value is -4.45. The Morgan fingerprint density at radius 3 is 2.57 bits per heavy atom. The lowest BCUT2D eigenvalue weighted by atomic mass is 9.93. The third kappa shape index (κ3) is 6.88. The topological polar surface area (TPSA) is 158 Å². The van der Waals surface area contributed by atoms with E-state index in [1.165, 1.54) is 0 Å². The third-order valence-electron chi connectivity index (χ3n) is 7.14. The Kier molecular flexibility index (Phi) is 8.72. The Balaban J connectivity index is 1.40. The molecule has 1 fully saturated rings. The predicted molar refractivity (Wildman–Crippen MR) is 162 cm³/mol. The zero-order valence-corrected chi connectivity index (χ0v) is 24.4. The molecule has 2 aromatic heterocycles. The number of hydrogen-bond donors (Lipinski definition) is 3. The number of aryl methyl sites for hydroxylation is 1. The summed E-state index contributed by atoms with van der Waals surface area (Å²) < 4.78 is 39.3. The van der Waals surface area contributed by atoms with Crippen molar-refractivity contribution < 1.29 is 22.7 Å². The fraction of sp³-hybridized carbons (Fsp3) is 0.333. The number of anilines is 2. The minimum atomic E-state index is -3.47. The maximum Gasteiger partial charge on any atom is 0.404 e. The number of sulfonamides is 1. The average molecular weight is 591 g/mol. The number of primary amides is 1. The molecule has 0 radical (unpaired) electrons. The van der Waals surface area contributed by atoms with Gasteiger partial charge in [-0.3, -0.25) is 4.72 Å². The Bertz CT molecular complexity index is 1690. The zero-order valence-electron chi connectivity index (χ0n) is 23.5. The molecule has 42 heavy (non-hydrogen) atoms. The van der Waals surface area contributed by atoms with Crippen molar-refractivity contribution in [3.05, 3.63) is 66.5 Å². The number of ether oxygens (including phenoxy) is 2. The van der Waals surface area contributed by atoms with Crippen LogP contribution in [0.2, 0.25) is 0 Å². The molecule has 1 aliphatic carbocycles. The van der Waals surface area contributed by atoms with Gasteiger partial charge in [0.05, 0.1) is 22.7 Å². The highest BCUT2D eigenvalue weighted by Gasteiger charge is 2.24. The number of nitrogens with zero attached hydrogens (tertiary/aromatic N) is 3. The molecule has 12 heteroatoms. The van der Waals surface area contributed by atoms with Crippen LogP contribution in [0.1, 0.15) is 44.6 Å². The van der Waals surface area contributed by atoms with Gasteiger partial charge < -0.3 is 20.5 Å². The molecule has 11 nitrogen and oxygen atoms in total. The predicted octanol–water partition coefficient (Wildman–Crippen LogP) is 5.76. The van der Waals surface area contributed by atoms with Gasteiger partial charge in [0.25, 0.3) is 0 Å². The Labute approximate surface area is 244 Å². The quantitative estimate of drug-likeness (QED) is 0.209. The molecule has 2 aromatic carbocycles. The SMILES string of the molecule is CCCS(=O)(=O)Nc1cccc2c(Oc3ncccc3-c3ccnc(NC4CCC(OC(N)=O)CC4)n3)c(C)ccc12. The molecule has 0 unspecified atom stereocenters. The van der Waals surface area contributed by atoms with Crippen LogP contribution in [-0.4, -0.2) is 47.4 Å². The number of hydrogen-bond acceptors (Lipinski definition) is 9. The van der Waals surface area contributed by atoms with E-state index >= 15 is 0 Å². The number of fused-ring (bicyclic) bond motifs is 1. The van der Waals surface area contributed by atoms with E-state index in [4.69, 9.17) is 20.2 Å². The minimum absolute atomic E-state index is 0.0383. The van der Waals surface area contributed by atoms with E-state index in [-0.39, 0.29) is 17.9 Å². The van der Waals surface area contributed by atoms with Gasteiger partial charge in [0.1, 0.15) is 11.9 Å².